The van der Waals surface area contributed by atoms with E-state index in [4.69, 9.17) is 28.9 Å². The number of phenolic OH excluding ortho intramolecular Hbond substituents is 1. The molecule has 4 aromatic heterocycles. The molecule has 5 aliphatic rings. The first-order valence-electron chi connectivity index (χ1n) is 27.6. The van der Waals surface area contributed by atoms with Gasteiger partial charge in [-0.05, 0) is 116 Å². The fourth-order valence-electron chi connectivity index (χ4n) is 13.2. The molecule has 2 amide bonds. The summed E-state index contributed by atoms with van der Waals surface area (Å²) in [5.74, 6) is -1.04. The SMILES string of the molecule is CCc1cccc2cc(O)cc(-c3ncc4c(N5CC6CCC(C5)N6)nc(OC[C@]56CCCN5[C@@H](COc5cc([C@@H](C(=O)N7C[C@H](O)C[C@H]7C(=O)N[C@@H](C)c7ccc(-c8scnc8C)cc7)C(C)C)on5)CC6)nc4c3F)c12. The summed E-state index contributed by atoms with van der Waals surface area (Å²) in [6, 6.07) is 18.4. The van der Waals surface area contributed by atoms with Gasteiger partial charge in [0, 0.05) is 62.0 Å². The molecule has 3 aromatic carbocycles. The molecule has 5 fully saturated rings. The van der Waals surface area contributed by atoms with Crippen LogP contribution in [0.4, 0.5) is 10.2 Å². The third-order valence-corrected chi connectivity index (χ3v) is 18.1. The van der Waals surface area contributed by atoms with Gasteiger partial charge in [0.25, 0.3) is 5.88 Å². The van der Waals surface area contributed by atoms with Gasteiger partial charge in [-0.15, -0.1) is 11.3 Å². The Morgan fingerprint density at radius 3 is 2.56 bits per heavy atom. The molecule has 9 heterocycles. The monoisotopic (exact) mass is 1080 g/mol. The molecule has 408 valence electrons. The first-order valence-corrected chi connectivity index (χ1v) is 28.5. The van der Waals surface area contributed by atoms with E-state index >= 15 is 4.39 Å². The molecule has 0 radical (unpaired) electrons. The van der Waals surface area contributed by atoms with E-state index in [1.54, 1.807) is 35.7 Å². The van der Waals surface area contributed by atoms with Crippen molar-refractivity contribution in [3.05, 3.63) is 101 Å². The molecule has 5 aliphatic heterocycles. The minimum absolute atomic E-state index is 0.0240. The van der Waals surface area contributed by atoms with Gasteiger partial charge in [-0.25, -0.2) is 9.37 Å². The maximum absolute atomic E-state index is 17.4. The number of aryl methyl sites for hydroxylation is 2. The molecule has 12 rings (SSSR count). The zero-order valence-electron chi connectivity index (χ0n) is 44.7. The third kappa shape index (κ3) is 9.70. The molecular weight excluding hydrogens is 1010 g/mol. The largest absolute Gasteiger partial charge is 0.508 e. The predicted molar refractivity (Wildman–Crippen MR) is 295 cm³/mol. The Labute approximate surface area is 456 Å². The van der Waals surface area contributed by atoms with Gasteiger partial charge < -0.3 is 44.6 Å². The molecule has 17 nitrogen and oxygen atoms in total. The second-order valence-electron chi connectivity index (χ2n) is 22.5. The number of nitrogens with zero attached hydrogens (tertiary/aromatic N) is 8. The summed E-state index contributed by atoms with van der Waals surface area (Å²) >= 11 is 1.58. The van der Waals surface area contributed by atoms with Crippen molar-refractivity contribution in [2.24, 2.45) is 5.92 Å². The average molecular weight is 1080 g/mol. The van der Waals surface area contributed by atoms with Crippen molar-refractivity contribution < 1.29 is 38.2 Å². The van der Waals surface area contributed by atoms with Gasteiger partial charge in [0.05, 0.1) is 39.2 Å². The first-order chi connectivity index (χ1) is 37.7. The third-order valence-electron chi connectivity index (χ3n) is 17.2. The van der Waals surface area contributed by atoms with E-state index in [9.17, 15) is 19.8 Å². The highest BCUT2D eigenvalue weighted by Crippen LogP contribution is 2.44. The van der Waals surface area contributed by atoms with Crippen molar-refractivity contribution in [3.8, 4) is 39.3 Å². The van der Waals surface area contributed by atoms with E-state index in [-0.39, 0.29) is 77.2 Å². The molecule has 2 unspecified atom stereocenters. The number of aliphatic hydroxyl groups excluding tert-OH is 1. The van der Waals surface area contributed by atoms with Crippen LogP contribution in [-0.2, 0) is 16.0 Å². The maximum atomic E-state index is 17.4. The van der Waals surface area contributed by atoms with Crippen LogP contribution in [0.15, 0.2) is 76.9 Å². The number of phenols is 1. The molecule has 8 atom stereocenters. The van der Waals surface area contributed by atoms with E-state index in [0.717, 1.165) is 103 Å². The topological polar surface area (TPSA) is 204 Å². The number of piperazine rings is 1. The highest BCUT2D eigenvalue weighted by molar-refractivity contribution is 7.13. The van der Waals surface area contributed by atoms with Gasteiger partial charge in [0.2, 0.25) is 11.8 Å². The number of hydrogen-bond acceptors (Lipinski definition) is 16. The number of aromatic hydroxyl groups is 1. The number of hydrogen-bond donors (Lipinski definition) is 4. The van der Waals surface area contributed by atoms with Crippen LogP contribution in [0.25, 0.3) is 43.4 Å². The number of thiazole rings is 1. The lowest BCUT2D eigenvalue weighted by Crippen LogP contribution is -2.51. The Morgan fingerprint density at radius 2 is 1.81 bits per heavy atom. The zero-order valence-corrected chi connectivity index (χ0v) is 45.6. The van der Waals surface area contributed by atoms with Crippen LogP contribution in [0.1, 0.15) is 107 Å². The van der Waals surface area contributed by atoms with E-state index in [2.05, 4.69) is 37.5 Å². The molecule has 4 N–H and O–H groups in total. The summed E-state index contributed by atoms with van der Waals surface area (Å²) in [7, 11) is 0. The standard InChI is InChI=1S/C59H67FN10O7S/c1-6-35-9-7-10-38-21-42(71)22-44(50(35)38)52-51(60)53-45(25-61-52)55(68-26-39-15-16-40(27-68)64-39)66-58(65-53)76-30-59-18-8-20-70(59)41(17-19-59)29-75-48-24-47(77-67-48)49(32(2)3)57(74)69-28-43(72)23-46(69)56(73)63-33(4)36-11-13-37(14-12-36)54-34(5)62-31-78-54/h7,9-14,21-22,24-25,31-33,39-41,43,46,49,64,71-72H,6,8,15-20,23,26-30H2,1-5H3,(H,63,73)/t33-,39?,40?,41+,43+,46-,49-,59+/m0/s1. The van der Waals surface area contributed by atoms with Crippen LogP contribution in [0.3, 0.4) is 0 Å². The van der Waals surface area contributed by atoms with Gasteiger partial charge in [-0.2, -0.15) is 9.97 Å². The lowest BCUT2D eigenvalue weighted by atomic mass is 9.91. The van der Waals surface area contributed by atoms with Crippen LogP contribution in [-0.4, -0.2) is 132 Å². The zero-order chi connectivity index (χ0) is 54.0. The van der Waals surface area contributed by atoms with Crippen molar-refractivity contribution in [1.29, 1.82) is 0 Å². The predicted octanol–water partition coefficient (Wildman–Crippen LogP) is 8.65. The smallest absolute Gasteiger partial charge is 0.319 e. The Morgan fingerprint density at radius 1 is 1.00 bits per heavy atom. The molecule has 0 aliphatic carbocycles. The number of ether oxygens (including phenoxy) is 2. The highest BCUT2D eigenvalue weighted by Gasteiger charge is 2.50. The van der Waals surface area contributed by atoms with Crippen LogP contribution in [0, 0.1) is 18.7 Å². The first kappa shape index (κ1) is 51.9. The van der Waals surface area contributed by atoms with Crippen LogP contribution < -0.4 is 25.0 Å². The number of carbonyl (C=O) groups excluding carboxylic acids is 2. The fourth-order valence-corrected chi connectivity index (χ4v) is 14.0. The Balaban J connectivity index is 0.731. The maximum Gasteiger partial charge on any atom is 0.319 e. The number of nitrogens with one attached hydrogen (secondary N) is 2. The summed E-state index contributed by atoms with van der Waals surface area (Å²) in [4.78, 5) is 54.6. The van der Waals surface area contributed by atoms with E-state index in [1.165, 1.54) is 4.90 Å². The van der Waals surface area contributed by atoms with Gasteiger partial charge in [0.15, 0.2) is 11.6 Å². The molecule has 19 heteroatoms. The second-order valence-corrected chi connectivity index (χ2v) is 23.4. The summed E-state index contributed by atoms with van der Waals surface area (Å²) in [5.41, 5.74) is 6.21. The van der Waals surface area contributed by atoms with Crippen molar-refractivity contribution >= 4 is 50.6 Å². The number of carbonyl (C=O) groups is 2. The summed E-state index contributed by atoms with van der Waals surface area (Å²) < 4.78 is 36.2. The van der Waals surface area contributed by atoms with Crippen molar-refractivity contribution in [2.75, 3.05) is 44.3 Å². The number of pyridine rings is 1. The van der Waals surface area contributed by atoms with Crippen LogP contribution in [0.2, 0.25) is 0 Å². The normalized spacial score (nSPS) is 23.9. The minimum Gasteiger partial charge on any atom is -0.508 e. The Bertz CT molecular complexity index is 3380. The van der Waals surface area contributed by atoms with Crippen molar-refractivity contribution in [3.63, 3.8) is 0 Å². The molecule has 7 aromatic rings. The summed E-state index contributed by atoms with van der Waals surface area (Å²) in [6.45, 7) is 12.7. The van der Waals surface area contributed by atoms with E-state index < -0.39 is 23.9 Å². The molecule has 78 heavy (non-hydrogen) atoms. The molecule has 2 bridgehead atoms. The lowest BCUT2D eigenvalue weighted by Gasteiger charge is -2.35. The lowest BCUT2D eigenvalue weighted by molar-refractivity contribution is -0.141. The molecule has 0 saturated carbocycles. The quantitative estimate of drug-likeness (QED) is 0.0715. The summed E-state index contributed by atoms with van der Waals surface area (Å²) in [6.07, 6.45) is 7.32. The number of benzene rings is 3. The number of anilines is 1. The minimum atomic E-state index is -0.865. The fraction of sp³-hybridized carbons (Fsp3) is 0.475. The molecular formula is C59H67FN10O7S. The van der Waals surface area contributed by atoms with Gasteiger partial charge in [0.1, 0.15) is 48.0 Å². The number of aromatic nitrogens is 5. The number of amides is 2. The Hall–Kier alpha value is -6.80. The second kappa shape index (κ2) is 21.1. The van der Waals surface area contributed by atoms with Crippen LogP contribution in [0.5, 0.6) is 17.6 Å². The number of rotatable bonds is 16. The Kier molecular flexibility index (Phi) is 14.1. The van der Waals surface area contributed by atoms with Crippen LogP contribution >= 0.6 is 11.3 Å². The van der Waals surface area contributed by atoms with Crippen molar-refractivity contribution in [2.45, 2.75) is 134 Å². The van der Waals surface area contributed by atoms with Crippen molar-refractivity contribution in [1.82, 2.24) is 45.5 Å². The summed E-state index contributed by atoms with van der Waals surface area (Å²) in [5, 5.41) is 34.9. The van der Waals surface area contributed by atoms with Gasteiger partial charge in [-0.1, -0.05) is 63.2 Å². The number of β-amino-alcohol motifs (C(OH)–C–C–N with tert-alkyl or cyclic N) is 1. The molecule has 0 spiro atoms. The number of likely N-dealkylation sites (tertiary alicyclic amines) is 1. The van der Waals surface area contributed by atoms with Gasteiger partial charge >= 0.3 is 6.01 Å². The van der Waals surface area contributed by atoms with E-state index in [1.807, 2.05) is 75.7 Å². The van der Waals surface area contributed by atoms with E-state index in [0.29, 0.717) is 47.8 Å². The van der Waals surface area contributed by atoms with Gasteiger partial charge in [-0.3, -0.25) is 19.5 Å². The molecule has 5 saturated heterocycles. The highest BCUT2D eigenvalue weighted by atomic mass is 32.1. The number of aliphatic hydroxyl groups is 1. The number of fused-ring (bicyclic) bond motifs is 5. The average Bonchev–Trinajstić information content (AvgIpc) is 4.42. The number of halogens is 1.